The highest BCUT2D eigenvalue weighted by atomic mass is 35.5. The number of nitrogens with one attached hydrogen (secondary N) is 2. The van der Waals surface area contributed by atoms with Crippen molar-refractivity contribution in [3.05, 3.63) is 52.3 Å². The van der Waals surface area contributed by atoms with Crippen LogP contribution in [0.15, 0.2) is 36.4 Å². The van der Waals surface area contributed by atoms with E-state index in [-0.39, 0.29) is 46.8 Å². The monoisotopic (exact) mass is 551 g/mol. The number of anilines is 1. The highest BCUT2D eigenvalue weighted by Gasteiger charge is 2.69. The number of β-amino-alcohol motifs (C(OH)–C–C–N with tert-alkyl or cyclic N) is 1. The van der Waals surface area contributed by atoms with Crippen LogP contribution in [-0.4, -0.2) is 59.4 Å². The fraction of sp³-hybridized carbons (Fsp3) is 0.462. The molecule has 37 heavy (non-hydrogen) atoms. The van der Waals surface area contributed by atoms with Gasteiger partial charge in [0, 0.05) is 28.7 Å². The summed E-state index contributed by atoms with van der Waals surface area (Å²) in [6, 6.07) is 9.17. The van der Waals surface area contributed by atoms with E-state index in [0.717, 1.165) is 11.8 Å². The van der Waals surface area contributed by atoms with E-state index in [0.29, 0.717) is 36.6 Å². The minimum absolute atomic E-state index is 0.0183. The van der Waals surface area contributed by atoms with Gasteiger partial charge in [0.15, 0.2) is 12.7 Å². The van der Waals surface area contributed by atoms with Gasteiger partial charge in [0.1, 0.15) is 17.3 Å². The predicted molar refractivity (Wildman–Crippen MR) is 137 cm³/mol. The Morgan fingerprint density at radius 2 is 1.86 bits per heavy atom. The molecule has 8 nitrogen and oxygen atoms in total. The summed E-state index contributed by atoms with van der Waals surface area (Å²) in [6.07, 6.45) is 1.07. The molecule has 4 aliphatic rings. The van der Waals surface area contributed by atoms with Crippen LogP contribution in [0.2, 0.25) is 10.0 Å². The molecule has 2 aromatic carbocycles. The summed E-state index contributed by atoms with van der Waals surface area (Å²) in [5, 5.41) is 17.0. The van der Waals surface area contributed by atoms with Gasteiger partial charge in [0.05, 0.1) is 22.9 Å². The number of benzene rings is 2. The second kappa shape index (κ2) is 9.22. The molecule has 3 saturated carbocycles. The lowest BCUT2D eigenvalue weighted by Gasteiger charge is -2.70. The standard InChI is InChI=1S/C26H28Cl2FN3O5/c1-24(2,35)14-32-9-21(37-20-6-3-15(27)7-19(20)32)23(34)31-26-11-25(12-26,13-26)30-22(33)10-36-16-4-5-17(28)18(29)8-16/h3-8,21,35H,9-14H2,1-2H3,(H,30,33)(H,31,34)/t21-,25?,26?/m0/s1. The molecule has 198 valence electrons. The van der Waals surface area contributed by atoms with E-state index in [1.165, 1.54) is 12.1 Å². The zero-order valence-electron chi connectivity index (χ0n) is 20.4. The lowest BCUT2D eigenvalue weighted by atomic mass is 9.44. The molecule has 2 aromatic rings. The van der Waals surface area contributed by atoms with Crippen molar-refractivity contribution in [3.8, 4) is 11.5 Å². The van der Waals surface area contributed by atoms with Crippen LogP contribution in [0, 0.1) is 5.82 Å². The summed E-state index contributed by atoms with van der Waals surface area (Å²) in [5.41, 5.74) is -1.01. The van der Waals surface area contributed by atoms with Crippen LogP contribution in [0.5, 0.6) is 11.5 Å². The number of halogens is 3. The summed E-state index contributed by atoms with van der Waals surface area (Å²) in [5.74, 6) is -0.429. The molecule has 2 bridgehead atoms. The first-order chi connectivity index (χ1) is 17.3. The van der Waals surface area contributed by atoms with E-state index in [4.69, 9.17) is 32.7 Å². The van der Waals surface area contributed by atoms with Crippen molar-refractivity contribution in [2.24, 2.45) is 0 Å². The Hall–Kier alpha value is -2.75. The maximum Gasteiger partial charge on any atom is 0.263 e. The van der Waals surface area contributed by atoms with Crippen molar-refractivity contribution in [1.29, 1.82) is 0 Å². The zero-order valence-corrected chi connectivity index (χ0v) is 22.0. The number of rotatable bonds is 8. The molecule has 11 heteroatoms. The highest BCUT2D eigenvalue weighted by Crippen LogP contribution is 2.60. The summed E-state index contributed by atoms with van der Waals surface area (Å²) in [4.78, 5) is 27.4. The maximum atomic E-state index is 13.5. The Bertz CT molecular complexity index is 1230. The van der Waals surface area contributed by atoms with Crippen molar-refractivity contribution >= 4 is 40.7 Å². The number of ether oxygens (including phenoxy) is 2. The van der Waals surface area contributed by atoms with E-state index in [9.17, 15) is 19.1 Å². The molecule has 0 spiro atoms. The Morgan fingerprint density at radius 1 is 1.16 bits per heavy atom. The van der Waals surface area contributed by atoms with Crippen LogP contribution >= 0.6 is 23.2 Å². The number of carbonyl (C=O) groups excluding carboxylic acids is 2. The lowest BCUT2D eigenvalue weighted by Crippen LogP contribution is -2.84. The fourth-order valence-electron chi connectivity index (χ4n) is 5.52. The quantitative estimate of drug-likeness (QED) is 0.464. The normalized spacial score (nSPS) is 25.7. The highest BCUT2D eigenvalue weighted by molar-refractivity contribution is 6.31. The second-order valence-corrected chi connectivity index (χ2v) is 11.7. The van der Waals surface area contributed by atoms with Crippen molar-refractivity contribution in [2.75, 3.05) is 24.6 Å². The summed E-state index contributed by atoms with van der Waals surface area (Å²) >= 11 is 11.8. The van der Waals surface area contributed by atoms with E-state index < -0.39 is 17.5 Å². The van der Waals surface area contributed by atoms with Gasteiger partial charge in [-0.2, -0.15) is 0 Å². The minimum atomic E-state index is -0.984. The molecule has 1 aliphatic heterocycles. The Kier molecular flexibility index (Phi) is 6.45. The number of hydrogen-bond acceptors (Lipinski definition) is 6. The SMILES string of the molecule is CC(C)(O)CN1C[C@@H](C(=O)NC23CC(NC(=O)COc4ccc(Cl)c(F)c4)(C2)C3)Oc2ccc(Cl)cc21. The first-order valence-corrected chi connectivity index (χ1v) is 12.7. The van der Waals surface area contributed by atoms with Gasteiger partial charge in [-0.25, -0.2) is 4.39 Å². The topological polar surface area (TPSA) is 100 Å². The van der Waals surface area contributed by atoms with Crippen LogP contribution in [0.25, 0.3) is 0 Å². The molecule has 0 aromatic heterocycles. The first-order valence-electron chi connectivity index (χ1n) is 12.0. The summed E-state index contributed by atoms with van der Waals surface area (Å²) < 4.78 is 24.9. The molecule has 3 fully saturated rings. The number of nitrogens with zero attached hydrogens (tertiary/aromatic N) is 1. The van der Waals surface area contributed by atoms with E-state index in [1.807, 2.05) is 4.90 Å². The average molecular weight is 552 g/mol. The second-order valence-electron chi connectivity index (χ2n) is 10.9. The molecule has 2 amide bonds. The van der Waals surface area contributed by atoms with E-state index in [2.05, 4.69) is 10.6 Å². The molecule has 3 N–H and O–H groups in total. The average Bonchev–Trinajstić information content (AvgIpc) is 2.76. The number of hydrogen-bond donors (Lipinski definition) is 3. The van der Waals surface area contributed by atoms with Gasteiger partial charge < -0.3 is 30.1 Å². The number of aliphatic hydroxyl groups is 1. The van der Waals surface area contributed by atoms with Crippen LogP contribution < -0.4 is 25.0 Å². The molecule has 0 unspecified atom stereocenters. The van der Waals surface area contributed by atoms with Crippen molar-refractivity contribution < 1.29 is 28.6 Å². The van der Waals surface area contributed by atoms with Crippen molar-refractivity contribution in [1.82, 2.24) is 10.6 Å². The largest absolute Gasteiger partial charge is 0.484 e. The van der Waals surface area contributed by atoms with Gasteiger partial charge >= 0.3 is 0 Å². The zero-order chi connectivity index (χ0) is 26.6. The first kappa shape index (κ1) is 25.9. The van der Waals surface area contributed by atoms with Gasteiger partial charge in [-0.15, -0.1) is 0 Å². The van der Waals surface area contributed by atoms with Gasteiger partial charge in [0.25, 0.3) is 11.8 Å². The van der Waals surface area contributed by atoms with Crippen LogP contribution in [0.3, 0.4) is 0 Å². The molecule has 1 heterocycles. The van der Waals surface area contributed by atoms with Gasteiger partial charge in [-0.1, -0.05) is 23.2 Å². The van der Waals surface area contributed by atoms with Gasteiger partial charge in [0.2, 0.25) is 0 Å². The molecule has 6 rings (SSSR count). The molecular weight excluding hydrogens is 524 g/mol. The molecule has 0 radical (unpaired) electrons. The number of amides is 2. The van der Waals surface area contributed by atoms with Crippen LogP contribution in [0.4, 0.5) is 10.1 Å². The summed E-state index contributed by atoms with van der Waals surface area (Å²) in [7, 11) is 0. The maximum absolute atomic E-state index is 13.5. The molecule has 0 saturated heterocycles. The minimum Gasteiger partial charge on any atom is -0.484 e. The number of carbonyl (C=O) groups is 2. The lowest BCUT2D eigenvalue weighted by molar-refractivity contribution is -0.154. The molecule has 3 aliphatic carbocycles. The Morgan fingerprint density at radius 3 is 2.54 bits per heavy atom. The Balaban J connectivity index is 1.14. The number of fused-ring (bicyclic) bond motifs is 1. The van der Waals surface area contributed by atoms with Crippen LogP contribution in [0.1, 0.15) is 33.1 Å². The van der Waals surface area contributed by atoms with Crippen molar-refractivity contribution in [3.63, 3.8) is 0 Å². The predicted octanol–water partition coefficient (Wildman–Crippen LogP) is 3.46. The fourth-order valence-corrected chi connectivity index (χ4v) is 5.81. The van der Waals surface area contributed by atoms with E-state index >= 15 is 0 Å². The third kappa shape index (κ3) is 5.44. The van der Waals surface area contributed by atoms with E-state index in [1.54, 1.807) is 32.0 Å². The van der Waals surface area contributed by atoms with Crippen molar-refractivity contribution in [2.45, 2.75) is 55.9 Å². The van der Waals surface area contributed by atoms with Gasteiger partial charge in [-0.05, 0) is 63.4 Å². The third-order valence-electron chi connectivity index (χ3n) is 6.87. The Labute approximate surface area is 224 Å². The summed E-state index contributed by atoms with van der Waals surface area (Å²) in [6.45, 7) is 3.73. The third-order valence-corrected chi connectivity index (χ3v) is 7.41. The smallest absolute Gasteiger partial charge is 0.263 e. The molecule has 1 atom stereocenters. The molecular formula is C26H28Cl2FN3O5. The van der Waals surface area contributed by atoms with Gasteiger partial charge in [-0.3, -0.25) is 9.59 Å². The van der Waals surface area contributed by atoms with Crippen LogP contribution in [-0.2, 0) is 9.59 Å².